The van der Waals surface area contributed by atoms with Crippen molar-refractivity contribution in [1.82, 2.24) is 14.8 Å². The first-order valence-electron chi connectivity index (χ1n) is 9.29. The third-order valence-electron chi connectivity index (χ3n) is 5.26. The molecule has 0 aliphatic carbocycles. The van der Waals surface area contributed by atoms with E-state index in [2.05, 4.69) is 35.9 Å². The van der Waals surface area contributed by atoms with E-state index in [-0.39, 0.29) is 11.9 Å². The van der Waals surface area contributed by atoms with E-state index in [9.17, 15) is 4.79 Å². The number of aryl methyl sites for hydroxylation is 1. The van der Waals surface area contributed by atoms with Crippen LogP contribution >= 0.6 is 0 Å². The van der Waals surface area contributed by atoms with Crippen LogP contribution in [0.5, 0.6) is 0 Å². The van der Waals surface area contributed by atoms with Gasteiger partial charge in [0.25, 0.3) is 0 Å². The summed E-state index contributed by atoms with van der Waals surface area (Å²) >= 11 is 0. The van der Waals surface area contributed by atoms with Gasteiger partial charge in [-0.25, -0.2) is 0 Å². The Bertz CT molecular complexity index is 599. The number of pyridine rings is 1. The molecule has 0 saturated carbocycles. The third kappa shape index (κ3) is 4.30. The molecule has 6 nitrogen and oxygen atoms in total. The van der Waals surface area contributed by atoms with Gasteiger partial charge in [-0.1, -0.05) is 0 Å². The highest BCUT2D eigenvalue weighted by atomic mass is 16.5. The monoisotopic (exact) mass is 346 g/mol. The summed E-state index contributed by atoms with van der Waals surface area (Å²) < 4.78 is 5.07. The molecule has 0 radical (unpaired) electrons. The molecule has 2 aliphatic heterocycles. The average molecular weight is 346 g/mol. The van der Waals surface area contributed by atoms with Gasteiger partial charge >= 0.3 is 0 Å². The Morgan fingerprint density at radius 1 is 1.24 bits per heavy atom. The molecule has 2 aliphatic rings. The predicted molar refractivity (Wildman–Crippen MR) is 98.9 cm³/mol. The van der Waals surface area contributed by atoms with Crippen LogP contribution in [0, 0.1) is 6.92 Å². The Kier molecular flexibility index (Phi) is 5.91. The Hall–Kier alpha value is -1.66. The van der Waals surface area contributed by atoms with Crippen LogP contribution in [0.15, 0.2) is 12.1 Å². The van der Waals surface area contributed by atoms with Crippen molar-refractivity contribution in [3.8, 4) is 0 Å². The summed E-state index contributed by atoms with van der Waals surface area (Å²) in [5.41, 5.74) is 3.31. The highest BCUT2D eigenvalue weighted by molar-refractivity contribution is 5.77. The lowest BCUT2D eigenvalue weighted by Crippen LogP contribution is -2.44. The van der Waals surface area contributed by atoms with Crippen LogP contribution in [0.25, 0.3) is 0 Å². The number of nitrogens with zero attached hydrogens (tertiary/aromatic N) is 4. The maximum Gasteiger partial charge on any atom is 0.225 e. The van der Waals surface area contributed by atoms with Crippen molar-refractivity contribution in [2.75, 3.05) is 58.4 Å². The number of hydrogen-bond donors (Lipinski definition) is 0. The highest BCUT2D eigenvalue weighted by Crippen LogP contribution is 2.33. The molecule has 0 bridgehead atoms. The maximum atomic E-state index is 12.5. The molecule has 6 heteroatoms. The van der Waals surface area contributed by atoms with E-state index in [1.54, 1.807) is 7.11 Å². The fourth-order valence-corrected chi connectivity index (χ4v) is 3.80. The fraction of sp³-hybridized carbons (Fsp3) is 0.684. The van der Waals surface area contributed by atoms with Crippen LogP contribution in [0.1, 0.15) is 36.7 Å². The molecular formula is C19H30N4O2. The standard InChI is InChI=1S/C19H30N4O2/c1-15-13-16(22-10-8-21(2)9-11-22)14-17(20-15)18-5-4-7-23(18)19(24)6-12-25-3/h13-14,18H,4-12H2,1-3H3/t18-/m1/s1. The minimum Gasteiger partial charge on any atom is -0.384 e. The number of ether oxygens (including phenoxy) is 1. The smallest absolute Gasteiger partial charge is 0.225 e. The summed E-state index contributed by atoms with van der Waals surface area (Å²) in [5, 5.41) is 0. The summed E-state index contributed by atoms with van der Waals surface area (Å²) in [6.07, 6.45) is 2.49. The number of piperazine rings is 1. The summed E-state index contributed by atoms with van der Waals surface area (Å²) in [5.74, 6) is 0.175. The van der Waals surface area contributed by atoms with E-state index in [4.69, 9.17) is 9.72 Å². The molecule has 3 rings (SSSR count). The number of aromatic nitrogens is 1. The van der Waals surface area contributed by atoms with Crippen molar-refractivity contribution in [2.45, 2.75) is 32.2 Å². The van der Waals surface area contributed by atoms with E-state index < -0.39 is 0 Å². The number of amides is 1. The van der Waals surface area contributed by atoms with Gasteiger partial charge in [-0.05, 0) is 38.9 Å². The zero-order valence-electron chi connectivity index (χ0n) is 15.7. The molecule has 3 heterocycles. The third-order valence-corrected chi connectivity index (χ3v) is 5.26. The van der Waals surface area contributed by atoms with Crippen molar-refractivity contribution in [2.24, 2.45) is 0 Å². The van der Waals surface area contributed by atoms with Gasteiger partial charge < -0.3 is 19.4 Å². The lowest BCUT2D eigenvalue weighted by molar-refractivity contribution is -0.133. The molecular weight excluding hydrogens is 316 g/mol. The van der Waals surface area contributed by atoms with Gasteiger partial charge in [0, 0.05) is 51.2 Å². The topological polar surface area (TPSA) is 48.9 Å². The van der Waals surface area contributed by atoms with Gasteiger partial charge in [0.15, 0.2) is 0 Å². The number of methoxy groups -OCH3 is 1. The molecule has 1 amide bonds. The van der Waals surface area contributed by atoms with Crippen molar-refractivity contribution in [3.05, 3.63) is 23.5 Å². The molecule has 1 atom stereocenters. The number of hydrogen-bond acceptors (Lipinski definition) is 5. The number of carbonyl (C=O) groups is 1. The van der Waals surface area contributed by atoms with E-state index in [0.29, 0.717) is 13.0 Å². The van der Waals surface area contributed by atoms with E-state index in [0.717, 1.165) is 57.0 Å². The maximum absolute atomic E-state index is 12.5. The minimum atomic E-state index is 0.107. The summed E-state index contributed by atoms with van der Waals surface area (Å²) in [6, 6.07) is 4.47. The molecule has 1 aromatic heterocycles. The van der Waals surface area contributed by atoms with Gasteiger partial charge in [0.2, 0.25) is 5.91 Å². The van der Waals surface area contributed by atoms with Gasteiger partial charge in [0.05, 0.1) is 24.8 Å². The van der Waals surface area contributed by atoms with E-state index >= 15 is 0 Å². The van der Waals surface area contributed by atoms with Crippen molar-refractivity contribution in [3.63, 3.8) is 0 Å². The fourth-order valence-electron chi connectivity index (χ4n) is 3.80. The van der Waals surface area contributed by atoms with E-state index in [1.165, 1.54) is 5.69 Å². The second-order valence-corrected chi connectivity index (χ2v) is 7.17. The van der Waals surface area contributed by atoms with E-state index in [1.807, 2.05) is 4.90 Å². The van der Waals surface area contributed by atoms with Gasteiger partial charge in [-0.3, -0.25) is 9.78 Å². The number of carbonyl (C=O) groups excluding carboxylic acids is 1. The normalized spacial score (nSPS) is 21.8. The zero-order valence-corrected chi connectivity index (χ0v) is 15.7. The van der Waals surface area contributed by atoms with Crippen molar-refractivity contribution < 1.29 is 9.53 Å². The Morgan fingerprint density at radius 2 is 2.00 bits per heavy atom. The molecule has 138 valence electrons. The summed E-state index contributed by atoms with van der Waals surface area (Å²) in [7, 11) is 3.81. The first kappa shape index (κ1) is 18.1. The van der Waals surface area contributed by atoms with Crippen LogP contribution in [0.3, 0.4) is 0 Å². The van der Waals surface area contributed by atoms with Crippen LogP contribution in [0.2, 0.25) is 0 Å². The molecule has 2 fully saturated rings. The predicted octanol–water partition coefficient (Wildman–Crippen LogP) is 1.84. The van der Waals surface area contributed by atoms with Crippen molar-refractivity contribution >= 4 is 11.6 Å². The quantitative estimate of drug-likeness (QED) is 0.814. The van der Waals surface area contributed by atoms with Crippen LogP contribution < -0.4 is 4.90 Å². The van der Waals surface area contributed by atoms with Gasteiger partial charge in [-0.15, -0.1) is 0 Å². The number of rotatable bonds is 5. The van der Waals surface area contributed by atoms with Gasteiger partial charge in [0.1, 0.15) is 0 Å². The van der Waals surface area contributed by atoms with Gasteiger partial charge in [-0.2, -0.15) is 0 Å². The Morgan fingerprint density at radius 3 is 2.72 bits per heavy atom. The van der Waals surface area contributed by atoms with Crippen LogP contribution in [0.4, 0.5) is 5.69 Å². The highest BCUT2D eigenvalue weighted by Gasteiger charge is 2.31. The first-order valence-corrected chi connectivity index (χ1v) is 9.29. The lowest BCUT2D eigenvalue weighted by Gasteiger charge is -2.34. The Labute approximate surface area is 150 Å². The van der Waals surface area contributed by atoms with Crippen LogP contribution in [-0.4, -0.2) is 74.2 Å². The minimum absolute atomic E-state index is 0.107. The SMILES string of the molecule is COCCC(=O)N1CCC[C@@H]1c1cc(N2CCN(C)CC2)cc(C)n1. The molecule has 0 N–H and O–H groups in total. The average Bonchev–Trinajstić information content (AvgIpc) is 3.09. The molecule has 1 aromatic rings. The Balaban J connectivity index is 1.78. The first-order chi connectivity index (χ1) is 12.1. The number of likely N-dealkylation sites (tertiary alicyclic amines) is 1. The second-order valence-electron chi connectivity index (χ2n) is 7.17. The summed E-state index contributed by atoms with van der Waals surface area (Å²) in [6.45, 7) is 7.61. The largest absolute Gasteiger partial charge is 0.384 e. The molecule has 0 aromatic carbocycles. The molecule has 25 heavy (non-hydrogen) atoms. The molecule has 2 saturated heterocycles. The second kappa shape index (κ2) is 8.15. The number of likely N-dealkylation sites (N-methyl/N-ethyl adjacent to an activating group) is 1. The number of anilines is 1. The molecule has 0 spiro atoms. The van der Waals surface area contributed by atoms with Crippen LogP contribution in [-0.2, 0) is 9.53 Å². The molecule has 0 unspecified atom stereocenters. The lowest BCUT2D eigenvalue weighted by atomic mass is 10.1. The van der Waals surface area contributed by atoms with Crippen molar-refractivity contribution in [1.29, 1.82) is 0 Å². The summed E-state index contributed by atoms with van der Waals surface area (Å²) in [4.78, 5) is 24.1. The zero-order chi connectivity index (χ0) is 17.8.